The predicted molar refractivity (Wildman–Crippen MR) is 95.9 cm³/mol. The highest BCUT2D eigenvalue weighted by molar-refractivity contribution is 7.98. The fourth-order valence-corrected chi connectivity index (χ4v) is 3.73. The van der Waals surface area contributed by atoms with Gasteiger partial charge in [-0.05, 0) is 31.0 Å². The molecule has 0 radical (unpaired) electrons. The number of hydrogen-bond acceptors (Lipinski definition) is 5. The number of benzene rings is 1. The van der Waals surface area contributed by atoms with Crippen LogP contribution < -0.4 is 0 Å². The van der Waals surface area contributed by atoms with Crippen LogP contribution in [0.4, 0.5) is 0 Å². The molecule has 1 aliphatic rings. The maximum Gasteiger partial charge on any atom is 0.233 e. The highest BCUT2D eigenvalue weighted by Crippen LogP contribution is 2.41. The van der Waals surface area contributed by atoms with Crippen LogP contribution in [0.5, 0.6) is 0 Å². The Morgan fingerprint density at radius 2 is 1.96 bits per heavy atom. The minimum atomic E-state index is 0.543. The van der Waals surface area contributed by atoms with Gasteiger partial charge in [0.1, 0.15) is 5.82 Å². The molecule has 1 fully saturated rings. The quantitative estimate of drug-likeness (QED) is 0.517. The zero-order valence-electron chi connectivity index (χ0n) is 13.5. The molecule has 1 saturated carbocycles. The van der Waals surface area contributed by atoms with E-state index in [1.54, 1.807) is 18.0 Å². The third-order valence-corrected chi connectivity index (χ3v) is 5.21. The van der Waals surface area contributed by atoms with Crippen molar-refractivity contribution in [2.45, 2.75) is 29.7 Å². The summed E-state index contributed by atoms with van der Waals surface area (Å²) in [7, 11) is 0. The summed E-state index contributed by atoms with van der Waals surface area (Å²) in [6.07, 6.45) is 8.14. The number of rotatable bonds is 5. The first kappa shape index (κ1) is 14.7. The van der Waals surface area contributed by atoms with Crippen LogP contribution in [-0.2, 0) is 5.75 Å². The van der Waals surface area contributed by atoms with Gasteiger partial charge < -0.3 is 0 Å². The second-order valence-corrected chi connectivity index (χ2v) is 7.08. The number of thioether (sulfide) groups is 1. The molecule has 3 aromatic heterocycles. The van der Waals surface area contributed by atoms with Gasteiger partial charge >= 0.3 is 0 Å². The van der Waals surface area contributed by atoms with Crippen LogP contribution in [-0.4, -0.2) is 29.1 Å². The minimum absolute atomic E-state index is 0.543. The monoisotopic (exact) mass is 348 g/mol. The summed E-state index contributed by atoms with van der Waals surface area (Å²) >= 11 is 1.66. The third kappa shape index (κ3) is 2.80. The Morgan fingerprint density at radius 3 is 2.76 bits per heavy atom. The summed E-state index contributed by atoms with van der Waals surface area (Å²) in [6, 6.07) is 12.2. The lowest BCUT2D eigenvalue weighted by Gasteiger charge is -2.09. The van der Waals surface area contributed by atoms with E-state index in [1.807, 2.05) is 41.1 Å². The van der Waals surface area contributed by atoms with Crippen molar-refractivity contribution in [2.24, 2.45) is 0 Å². The topological polar surface area (TPSA) is 60.9 Å². The van der Waals surface area contributed by atoms with Crippen molar-refractivity contribution in [1.82, 2.24) is 29.1 Å². The average Bonchev–Trinajstić information content (AvgIpc) is 3.28. The largest absolute Gasteiger partial charge is 0.291 e. The van der Waals surface area contributed by atoms with Gasteiger partial charge in [0.25, 0.3) is 0 Å². The van der Waals surface area contributed by atoms with Crippen LogP contribution >= 0.6 is 11.8 Å². The van der Waals surface area contributed by atoms with E-state index >= 15 is 0 Å². The summed E-state index contributed by atoms with van der Waals surface area (Å²) in [5.74, 6) is 3.08. The molecule has 4 aromatic rings. The Kier molecular flexibility index (Phi) is 3.52. The zero-order valence-corrected chi connectivity index (χ0v) is 14.3. The van der Waals surface area contributed by atoms with E-state index in [1.165, 1.54) is 12.8 Å². The van der Waals surface area contributed by atoms with E-state index in [0.29, 0.717) is 5.92 Å². The summed E-state index contributed by atoms with van der Waals surface area (Å²) in [5, 5.41) is 9.83. The molecule has 3 heterocycles. The van der Waals surface area contributed by atoms with Crippen LogP contribution in [0.3, 0.4) is 0 Å². The summed E-state index contributed by atoms with van der Waals surface area (Å²) in [4.78, 5) is 8.83. The highest BCUT2D eigenvalue weighted by atomic mass is 32.2. The Labute approximate surface area is 149 Å². The van der Waals surface area contributed by atoms with Gasteiger partial charge in [0.2, 0.25) is 5.78 Å². The van der Waals surface area contributed by atoms with Crippen LogP contribution in [0, 0.1) is 0 Å². The second kappa shape index (κ2) is 6.00. The fraction of sp³-hybridized carbons (Fsp3) is 0.222. The number of hydrogen-bond donors (Lipinski definition) is 0. The van der Waals surface area contributed by atoms with Gasteiger partial charge in [-0.2, -0.15) is 0 Å². The van der Waals surface area contributed by atoms with Crippen molar-refractivity contribution in [3.8, 4) is 5.69 Å². The molecule has 0 bridgehead atoms. The van der Waals surface area contributed by atoms with E-state index in [-0.39, 0.29) is 0 Å². The van der Waals surface area contributed by atoms with Crippen molar-refractivity contribution in [3.63, 3.8) is 0 Å². The average molecular weight is 348 g/mol. The highest BCUT2D eigenvalue weighted by Gasteiger charge is 2.31. The molecule has 0 aliphatic heterocycles. The van der Waals surface area contributed by atoms with Crippen molar-refractivity contribution in [3.05, 3.63) is 66.5 Å². The van der Waals surface area contributed by atoms with Crippen molar-refractivity contribution < 1.29 is 0 Å². The van der Waals surface area contributed by atoms with Gasteiger partial charge in [0.05, 0.1) is 5.69 Å². The van der Waals surface area contributed by atoms with E-state index < -0.39 is 0 Å². The first-order chi connectivity index (χ1) is 12.4. The number of fused-ring (bicyclic) bond motifs is 1. The zero-order chi connectivity index (χ0) is 16.6. The second-order valence-electron chi connectivity index (χ2n) is 6.13. The van der Waals surface area contributed by atoms with E-state index in [9.17, 15) is 0 Å². The van der Waals surface area contributed by atoms with Crippen LogP contribution in [0.15, 0.2) is 60.1 Å². The molecule has 0 N–H and O–H groups in total. The molecular weight excluding hydrogens is 332 g/mol. The predicted octanol–water partition coefficient (Wildman–Crippen LogP) is 3.48. The molecule has 0 atom stereocenters. The first-order valence-electron chi connectivity index (χ1n) is 8.30. The summed E-state index contributed by atoms with van der Waals surface area (Å²) < 4.78 is 4.13. The number of aromatic nitrogens is 6. The van der Waals surface area contributed by atoms with Crippen LogP contribution in [0.25, 0.3) is 11.5 Å². The molecular formula is C18H16N6S. The van der Waals surface area contributed by atoms with Gasteiger partial charge in [0, 0.05) is 35.9 Å². The Bertz CT molecular complexity index is 985. The molecule has 0 amide bonds. The molecule has 0 unspecified atom stereocenters. The van der Waals surface area contributed by atoms with Crippen LogP contribution in [0.2, 0.25) is 0 Å². The fourth-order valence-electron chi connectivity index (χ4n) is 2.89. The molecule has 0 saturated heterocycles. The lowest BCUT2D eigenvalue weighted by Crippen LogP contribution is -2.01. The minimum Gasteiger partial charge on any atom is -0.291 e. The summed E-state index contributed by atoms with van der Waals surface area (Å²) in [5.41, 5.74) is 2.10. The third-order valence-electron chi connectivity index (χ3n) is 4.25. The van der Waals surface area contributed by atoms with E-state index in [4.69, 9.17) is 0 Å². The van der Waals surface area contributed by atoms with E-state index in [0.717, 1.165) is 33.9 Å². The SMILES string of the molecule is c1ccc(-n2c(SCc3cn4cccnc4n3)nnc2C2CC2)cc1. The van der Waals surface area contributed by atoms with Gasteiger partial charge in [-0.1, -0.05) is 30.0 Å². The molecule has 1 aliphatic carbocycles. The maximum atomic E-state index is 4.56. The van der Waals surface area contributed by atoms with Crippen molar-refractivity contribution in [2.75, 3.05) is 0 Å². The molecule has 7 heteroatoms. The molecule has 5 rings (SSSR count). The van der Waals surface area contributed by atoms with Crippen molar-refractivity contribution in [1.29, 1.82) is 0 Å². The van der Waals surface area contributed by atoms with Crippen LogP contribution in [0.1, 0.15) is 30.3 Å². The Balaban J connectivity index is 1.45. The molecule has 6 nitrogen and oxygen atoms in total. The normalized spacial score (nSPS) is 14.2. The Morgan fingerprint density at radius 1 is 1.08 bits per heavy atom. The number of nitrogens with zero attached hydrogens (tertiary/aromatic N) is 6. The molecule has 25 heavy (non-hydrogen) atoms. The number of para-hydroxylation sites is 1. The number of imidazole rings is 1. The van der Waals surface area contributed by atoms with Crippen molar-refractivity contribution >= 4 is 17.5 Å². The van der Waals surface area contributed by atoms with Gasteiger partial charge in [0.15, 0.2) is 5.16 Å². The smallest absolute Gasteiger partial charge is 0.233 e. The van der Waals surface area contributed by atoms with Gasteiger partial charge in [-0.25, -0.2) is 9.97 Å². The summed E-state index contributed by atoms with van der Waals surface area (Å²) in [6.45, 7) is 0. The lowest BCUT2D eigenvalue weighted by atomic mass is 10.3. The standard InChI is InChI=1S/C18H16N6S/c1-2-5-15(6-3-1)24-16(13-7-8-13)21-22-18(24)25-12-14-11-23-10-4-9-19-17(23)20-14/h1-6,9-11,13H,7-8,12H2. The van der Waals surface area contributed by atoms with Gasteiger partial charge in [-0.3, -0.25) is 8.97 Å². The maximum absolute atomic E-state index is 4.56. The molecule has 0 spiro atoms. The first-order valence-corrected chi connectivity index (χ1v) is 9.29. The van der Waals surface area contributed by atoms with Gasteiger partial charge in [-0.15, -0.1) is 10.2 Å². The molecule has 124 valence electrons. The lowest BCUT2D eigenvalue weighted by molar-refractivity contribution is 0.829. The Hall–Kier alpha value is -2.67. The molecule has 1 aromatic carbocycles. The van der Waals surface area contributed by atoms with E-state index in [2.05, 4.69) is 36.9 Å².